The van der Waals surface area contributed by atoms with Crippen molar-refractivity contribution in [2.75, 3.05) is 46.2 Å². The van der Waals surface area contributed by atoms with Gasteiger partial charge >= 0.3 is 0 Å². The average molecular weight is 364 g/mol. The molecule has 1 aromatic rings. The second-order valence-corrected chi connectivity index (χ2v) is 6.38. The van der Waals surface area contributed by atoms with Gasteiger partial charge in [0.1, 0.15) is 0 Å². The molecule has 2 N–H and O–H groups in total. The van der Waals surface area contributed by atoms with E-state index in [1.165, 1.54) is 12.1 Å². The maximum Gasteiger partial charge on any atom is 0.297 e. The van der Waals surface area contributed by atoms with E-state index >= 15 is 0 Å². The summed E-state index contributed by atoms with van der Waals surface area (Å²) >= 11 is 0. The van der Waals surface area contributed by atoms with Gasteiger partial charge in [0.15, 0.2) is 0 Å². The number of hydrogen-bond donors (Lipinski definition) is 2. The van der Waals surface area contributed by atoms with Gasteiger partial charge in [-0.25, -0.2) is 0 Å². The Morgan fingerprint density at radius 1 is 0.875 bits per heavy atom. The summed E-state index contributed by atoms with van der Waals surface area (Å²) in [4.78, 5) is 0.179. The fraction of sp³-hybridized carbons (Fsp3) is 0.625. The third-order valence-corrected chi connectivity index (χ3v) is 3.92. The Balaban J connectivity index is 0.000000640. The molecule has 0 aromatic heterocycles. The van der Waals surface area contributed by atoms with Gasteiger partial charge in [0.25, 0.3) is 10.1 Å². The first-order valence-corrected chi connectivity index (χ1v) is 9.22. The van der Waals surface area contributed by atoms with Gasteiger partial charge in [-0.05, 0) is 25.5 Å². The maximum atomic E-state index is 11.7. The van der Waals surface area contributed by atoms with Crippen molar-refractivity contribution in [2.45, 2.75) is 25.2 Å². The first-order valence-electron chi connectivity index (χ1n) is 7.81. The van der Waals surface area contributed by atoms with Crippen LogP contribution in [0.1, 0.15) is 18.9 Å². The van der Waals surface area contributed by atoms with E-state index in [0.29, 0.717) is 26.4 Å². The minimum absolute atomic E-state index is 0.0278. The van der Waals surface area contributed by atoms with Crippen LogP contribution in [-0.2, 0) is 23.8 Å². The quantitative estimate of drug-likeness (QED) is 0.448. The Morgan fingerprint density at radius 2 is 1.42 bits per heavy atom. The van der Waals surface area contributed by atoms with Crippen LogP contribution in [0.2, 0.25) is 0 Å². The van der Waals surface area contributed by atoms with Crippen LogP contribution in [0.4, 0.5) is 0 Å². The lowest BCUT2D eigenvalue weighted by molar-refractivity contribution is 0.0650. The van der Waals surface area contributed by atoms with Gasteiger partial charge < -0.3 is 19.7 Å². The normalized spacial score (nSPS) is 11.0. The average Bonchev–Trinajstić information content (AvgIpc) is 2.56. The molecule has 0 saturated carbocycles. The highest BCUT2D eigenvalue weighted by Crippen LogP contribution is 2.12. The number of aliphatic hydroxyl groups excluding tert-OH is 2. The molecule has 0 radical (unpaired) electrons. The van der Waals surface area contributed by atoms with Crippen molar-refractivity contribution in [2.24, 2.45) is 0 Å². The lowest BCUT2D eigenvalue weighted by Crippen LogP contribution is -2.11. The molecule has 0 aliphatic rings. The zero-order chi connectivity index (χ0) is 18.3. The van der Waals surface area contributed by atoms with E-state index in [2.05, 4.69) is 4.74 Å². The Bertz CT molecular complexity index is 496. The van der Waals surface area contributed by atoms with E-state index in [4.69, 9.17) is 19.1 Å². The van der Waals surface area contributed by atoms with Gasteiger partial charge in [0.2, 0.25) is 0 Å². The van der Waals surface area contributed by atoms with Crippen LogP contribution in [0.15, 0.2) is 29.2 Å². The smallest absolute Gasteiger partial charge is 0.297 e. The zero-order valence-corrected chi connectivity index (χ0v) is 15.1. The van der Waals surface area contributed by atoms with E-state index in [9.17, 15) is 8.42 Å². The maximum absolute atomic E-state index is 11.7. The summed E-state index contributed by atoms with van der Waals surface area (Å²) in [5.74, 6) is 0. The van der Waals surface area contributed by atoms with Crippen LogP contribution >= 0.6 is 0 Å². The van der Waals surface area contributed by atoms with Gasteiger partial charge in [-0.1, -0.05) is 24.6 Å². The molecular formula is C16H28O7S. The van der Waals surface area contributed by atoms with Crippen molar-refractivity contribution in [1.82, 2.24) is 0 Å². The Labute approximate surface area is 144 Å². The van der Waals surface area contributed by atoms with E-state index in [0.717, 1.165) is 12.0 Å². The fourth-order valence-corrected chi connectivity index (χ4v) is 2.35. The molecule has 0 atom stereocenters. The zero-order valence-electron chi connectivity index (χ0n) is 14.3. The second kappa shape index (κ2) is 14.3. The molecule has 1 rings (SSSR count). The summed E-state index contributed by atoms with van der Waals surface area (Å²) in [5.41, 5.74) is 1.01. The molecule has 0 bridgehead atoms. The van der Waals surface area contributed by atoms with E-state index in [1.54, 1.807) is 12.1 Å². The molecule has 0 fully saturated rings. The van der Waals surface area contributed by atoms with E-state index in [1.807, 2.05) is 13.8 Å². The third kappa shape index (κ3) is 11.5. The van der Waals surface area contributed by atoms with Gasteiger partial charge in [-0.15, -0.1) is 0 Å². The summed E-state index contributed by atoms with van der Waals surface area (Å²) < 4.78 is 38.0. The summed E-state index contributed by atoms with van der Waals surface area (Å²) in [6.07, 6.45) is 0.907. The van der Waals surface area contributed by atoms with Gasteiger partial charge in [-0.3, -0.25) is 4.18 Å². The third-order valence-electron chi connectivity index (χ3n) is 2.60. The molecule has 24 heavy (non-hydrogen) atoms. The van der Waals surface area contributed by atoms with Crippen molar-refractivity contribution >= 4 is 10.1 Å². The summed E-state index contributed by atoms with van der Waals surface area (Å²) in [6, 6.07) is 6.56. The monoisotopic (exact) mass is 364 g/mol. The molecule has 7 nitrogen and oxygen atoms in total. The van der Waals surface area contributed by atoms with Crippen LogP contribution in [0.3, 0.4) is 0 Å². The number of hydrogen-bond acceptors (Lipinski definition) is 7. The molecule has 0 spiro atoms. The topological polar surface area (TPSA) is 102 Å². The minimum Gasteiger partial charge on any atom is -0.394 e. The lowest BCUT2D eigenvalue weighted by Gasteiger charge is -2.06. The Morgan fingerprint density at radius 3 is 1.92 bits per heavy atom. The second-order valence-electron chi connectivity index (χ2n) is 4.76. The van der Waals surface area contributed by atoms with Crippen molar-refractivity contribution in [1.29, 1.82) is 0 Å². The van der Waals surface area contributed by atoms with Gasteiger partial charge in [-0.2, -0.15) is 8.42 Å². The molecule has 0 saturated heterocycles. The summed E-state index contributed by atoms with van der Waals surface area (Å²) in [5, 5.41) is 16.2. The fourth-order valence-electron chi connectivity index (χ4n) is 1.45. The Hall–Kier alpha value is -1.03. The molecule has 1 aromatic carbocycles. The number of benzene rings is 1. The van der Waals surface area contributed by atoms with Gasteiger partial charge in [0.05, 0.1) is 44.5 Å². The highest BCUT2D eigenvalue weighted by atomic mass is 32.2. The van der Waals surface area contributed by atoms with E-state index in [-0.39, 0.29) is 24.7 Å². The summed E-state index contributed by atoms with van der Waals surface area (Å²) in [6.45, 7) is 5.55. The SMILES string of the molecule is CCCOCCOS(=O)(=O)c1ccc(C)cc1.OCCOCCO. The van der Waals surface area contributed by atoms with Crippen LogP contribution in [0.25, 0.3) is 0 Å². The Kier molecular flexibility index (Phi) is 13.7. The largest absolute Gasteiger partial charge is 0.394 e. The molecule has 8 heteroatoms. The van der Waals surface area contributed by atoms with Crippen LogP contribution in [0.5, 0.6) is 0 Å². The van der Waals surface area contributed by atoms with Crippen molar-refractivity contribution in [3.8, 4) is 0 Å². The molecule has 0 heterocycles. The van der Waals surface area contributed by atoms with Crippen LogP contribution in [0, 0.1) is 6.92 Å². The first-order chi connectivity index (χ1) is 11.5. The molecular weight excluding hydrogens is 336 g/mol. The molecule has 140 valence electrons. The predicted octanol–water partition coefficient (Wildman–Crippen LogP) is 1.11. The lowest BCUT2D eigenvalue weighted by atomic mass is 10.2. The van der Waals surface area contributed by atoms with Gasteiger partial charge in [0, 0.05) is 6.61 Å². The highest BCUT2D eigenvalue weighted by molar-refractivity contribution is 7.86. The van der Waals surface area contributed by atoms with Crippen molar-refractivity contribution < 1.29 is 32.3 Å². The van der Waals surface area contributed by atoms with Crippen LogP contribution < -0.4 is 0 Å². The number of ether oxygens (including phenoxy) is 2. The van der Waals surface area contributed by atoms with Crippen molar-refractivity contribution in [3.05, 3.63) is 29.8 Å². The molecule has 0 unspecified atom stereocenters. The molecule has 0 amide bonds. The molecule has 0 aliphatic heterocycles. The number of aryl methyl sites for hydroxylation is 1. The summed E-state index contributed by atoms with van der Waals surface area (Å²) in [7, 11) is -3.64. The molecule has 0 aliphatic carbocycles. The standard InChI is InChI=1S/C12H18O4S.C4H10O3/c1-3-8-15-9-10-16-17(13,14)12-6-4-11(2)5-7-12;5-1-3-7-4-2-6/h4-7H,3,8-10H2,1-2H3;5-6H,1-4H2. The first kappa shape index (κ1) is 23.0. The predicted molar refractivity (Wildman–Crippen MR) is 90.4 cm³/mol. The number of rotatable bonds is 11. The van der Waals surface area contributed by atoms with Crippen LogP contribution in [-0.4, -0.2) is 64.9 Å². The number of aliphatic hydroxyl groups is 2. The van der Waals surface area contributed by atoms with Crippen molar-refractivity contribution in [3.63, 3.8) is 0 Å². The van der Waals surface area contributed by atoms with E-state index < -0.39 is 10.1 Å². The highest BCUT2D eigenvalue weighted by Gasteiger charge is 2.14. The minimum atomic E-state index is -3.64.